The van der Waals surface area contributed by atoms with Crippen LogP contribution < -0.4 is 10.8 Å². The molecule has 1 aromatic heterocycles. The fraction of sp³-hybridized carbons (Fsp3) is 0.476. The summed E-state index contributed by atoms with van der Waals surface area (Å²) in [6.07, 6.45) is 8.46. The molecule has 0 bridgehead atoms. The number of benzene rings is 1. The minimum atomic E-state index is -0.396. The summed E-state index contributed by atoms with van der Waals surface area (Å²) < 4.78 is 4.99. The van der Waals surface area contributed by atoms with Crippen molar-refractivity contribution in [3.8, 4) is 0 Å². The molecule has 0 radical (unpaired) electrons. The highest BCUT2D eigenvalue weighted by atomic mass is 32.2. The fourth-order valence-corrected chi connectivity index (χ4v) is 5.33. The van der Waals surface area contributed by atoms with Crippen LogP contribution in [0.5, 0.6) is 0 Å². The number of hydrogen-bond acceptors (Lipinski definition) is 8. The molecule has 1 aromatic carbocycles. The van der Waals surface area contributed by atoms with Crippen molar-refractivity contribution in [2.75, 3.05) is 12.4 Å². The molecule has 1 unspecified atom stereocenters. The Morgan fingerprint density at radius 3 is 2.97 bits per heavy atom. The number of carbonyl (C=O) groups excluding carboxylic acids is 1. The third-order valence-electron chi connectivity index (χ3n) is 5.83. The molecule has 1 atom stereocenters. The second-order valence-electron chi connectivity index (χ2n) is 7.82. The number of hydrogen-bond donors (Lipinski definition) is 3. The van der Waals surface area contributed by atoms with Crippen LogP contribution in [0.15, 0.2) is 34.7 Å². The molecule has 0 spiro atoms. The number of nitrogens with one attached hydrogen (secondary N) is 3. The van der Waals surface area contributed by atoms with Crippen LogP contribution in [0.3, 0.4) is 0 Å². The number of nitrogens with zero attached hydrogens (tertiary/aromatic N) is 2. The Morgan fingerprint density at radius 1 is 1.39 bits per heavy atom. The van der Waals surface area contributed by atoms with Gasteiger partial charge < -0.3 is 10.2 Å². The summed E-state index contributed by atoms with van der Waals surface area (Å²) in [5, 5.41) is 14.2. The van der Waals surface area contributed by atoms with Gasteiger partial charge in [0.15, 0.2) is 5.13 Å². The zero-order valence-corrected chi connectivity index (χ0v) is 19.1. The van der Waals surface area contributed by atoms with E-state index in [0.29, 0.717) is 23.4 Å². The first kappa shape index (κ1) is 22.2. The Kier molecular flexibility index (Phi) is 7.57. The predicted molar refractivity (Wildman–Crippen MR) is 122 cm³/mol. The molecule has 2 heterocycles. The van der Waals surface area contributed by atoms with E-state index in [1.54, 1.807) is 13.2 Å². The van der Waals surface area contributed by atoms with Crippen LogP contribution in [0.4, 0.5) is 5.13 Å². The summed E-state index contributed by atoms with van der Waals surface area (Å²) >= 11 is 2.48. The lowest BCUT2D eigenvalue weighted by Crippen LogP contribution is -2.45. The summed E-state index contributed by atoms with van der Waals surface area (Å²) in [4.78, 5) is 24.9. The highest BCUT2D eigenvalue weighted by molar-refractivity contribution is 7.94. The third-order valence-corrected chi connectivity index (χ3v) is 7.11. The summed E-state index contributed by atoms with van der Waals surface area (Å²) in [6, 6.07) is 5.45. The number of carbonyl (C=O) groups is 1. The van der Waals surface area contributed by atoms with E-state index in [2.05, 4.69) is 15.8 Å². The van der Waals surface area contributed by atoms with Gasteiger partial charge in [-0.15, -0.1) is 20.7 Å². The molecule has 31 heavy (non-hydrogen) atoms. The van der Waals surface area contributed by atoms with Crippen molar-refractivity contribution in [1.29, 1.82) is 5.41 Å². The predicted octanol–water partition coefficient (Wildman–Crippen LogP) is 4.35. The standard InChI is InChI=1S/C21H27N5O3S2/c1-23-28-29-31-16-8-7-15-13-26(19(22)17(15)12-16)18(11-14-5-3-2-4-6-14)20(27)25-21-24-9-10-30-21/h7-10,12,14,18,22-23H,2-6,11,13H2,1H3,(H,24,25,27). The molecular weight excluding hydrogens is 434 g/mol. The molecule has 1 fully saturated rings. The van der Waals surface area contributed by atoms with Gasteiger partial charge in [-0.2, -0.15) is 5.48 Å². The van der Waals surface area contributed by atoms with Crippen molar-refractivity contribution in [3.63, 3.8) is 0 Å². The molecule has 8 nitrogen and oxygen atoms in total. The van der Waals surface area contributed by atoms with Gasteiger partial charge in [-0.25, -0.2) is 4.98 Å². The summed E-state index contributed by atoms with van der Waals surface area (Å²) in [5.41, 5.74) is 4.32. The Morgan fingerprint density at radius 2 is 2.23 bits per heavy atom. The van der Waals surface area contributed by atoms with Crippen LogP contribution in [0.25, 0.3) is 0 Å². The topological polar surface area (TPSA) is 99.6 Å². The van der Waals surface area contributed by atoms with Gasteiger partial charge in [0.05, 0.1) is 12.0 Å². The first-order valence-electron chi connectivity index (χ1n) is 10.5. The van der Waals surface area contributed by atoms with Crippen LogP contribution in [0.1, 0.15) is 49.7 Å². The summed E-state index contributed by atoms with van der Waals surface area (Å²) in [6.45, 7) is 0.551. The molecule has 1 amide bonds. The molecule has 1 saturated carbocycles. The van der Waals surface area contributed by atoms with Crippen molar-refractivity contribution in [3.05, 3.63) is 40.9 Å². The monoisotopic (exact) mass is 461 g/mol. The normalized spacial score (nSPS) is 17.6. The second-order valence-corrected chi connectivity index (χ2v) is 9.49. The van der Waals surface area contributed by atoms with Gasteiger partial charge in [-0.05, 0) is 30.0 Å². The van der Waals surface area contributed by atoms with E-state index >= 15 is 0 Å². The zero-order chi connectivity index (χ0) is 21.6. The van der Waals surface area contributed by atoms with Gasteiger partial charge in [0.25, 0.3) is 0 Å². The summed E-state index contributed by atoms with van der Waals surface area (Å²) in [7, 11) is 1.61. The highest BCUT2D eigenvalue weighted by Crippen LogP contribution is 2.34. The number of fused-ring (bicyclic) bond motifs is 1. The first-order valence-corrected chi connectivity index (χ1v) is 12.1. The maximum atomic E-state index is 13.3. The Balaban J connectivity index is 1.52. The van der Waals surface area contributed by atoms with Crippen LogP contribution in [-0.4, -0.2) is 34.7 Å². The number of thiazole rings is 1. The molecule has 2 aliphatic rings. The first-order chi connectivity index (χ1) is 15.2. The van der Waals surface area contributed by atoms with Gasteiger partial charge in [-0.3, -0.25) is 10.2 Å². The number of amides is 1. The molecule has 3 N–H and O–H groups in total. The smallest absolute Gasteiger partial charge is 0.248 e. The second kappa shape index (κ2) is 10.6. The van der Waals surface area contributed by atoms with Crippen LogP contribution in [-0.2, 0) is 20.7 Å². The van der Waals surface area contributed by atoms with Crippen molar-refractivity contribution in [1.82, 2.24) is 15.4 Å². The van der Waals surface area contributed by atoms with Crippen molar-refractivity contribution < 1.29 is 14.1 Å². The minimum absolute atomic E-state index is 0.0848. The Hall–Kier alpha value is -1.98. The van der Waals surface area contributed by atoms with Gasteiger partial charge in [0.2, 0.25) is 5.91 Å². The quantitative estimate of drug-likeness (QED) is 0.221. The van der Waals surface area contributed by atoms with E-state index in [1.807, 2.05) is 28.5 Å². The molecule has 166 valence electrons. The lowest BCUT2D eigenvalue weighted by molar-refractivity contribution is -0.237. The van der Waals surface area contributed by atoms with E-state index in [0.717, 1.165) is 47.3 Å². The maximum Gasteiger partial charge on any atom is 0.248 e. The molecule has 1 aliphatic heterocycles. The lowest BCUT2D eigenvalue weighted by atomic mass is 9.84. The number of anilines is 1. The minimum Gasteiger partial charge on any atom is -0.340 e. The molecule has 4 rings (SSSR count). The number of rotatable bonds is 9. The van der Waals surface area contributed by atoms with Gasteiger partial charge in [-0.1, -0.05) is 38.2 Å². The number of amidine groups is 1. The number of aromatic nitrogens is 1. The maximum absolute atomic E-state index is 13.3. The van der Waals surface area contributed by atoms with E-state index in [4.69, 9.17) is 14.7 Å². The van der Waals surface area contributed by atoms with Crippen LogP contribution in [0.2, 0.25) is 0 Å². The zero-order valence-electron chi connectivity index (χ0n) is 17.4. The highest BCUT2D eigenvalue weighted by Gasteiger charge is 2.36. The Labute approximate surface area is 190 Å². The van der Waals surface area contributed by atoms with Crippen molar-refractivity contribution >= 4 is 40.3 Å². The van der Waals surface area contributed by atoms with Crippen molar-refractivity contribution in [2.24, 2.45) is 5.92 Å². The SMILES string of the molecule is CNOOSc1ccc2c(c1)C(=N)N(C(CC1CCCCC1)C(=O)Nc1nccs1)C2. The van der Waals surface area contributed by atoms with E-state index in [-0.39, 0.29) is 5.91 Å². The fourth-order valence-electron chi connectivity index (χ4n) is 4.33. The molecule has 2 aromatic rings. The number of hydroxylamine groups is 1. The van der Waals surface area contributed by atoms with Gasteiger partial charge in [0.1, 0.15) is 11.9 Å². The summed E-state index contributed by atoms with van der Waals surface area (Å²) in [5.74, 6) is 0.802. The van der Waals surface area contributed by atoms with E-state index < -0.39 is 6.04 Å². The average molecular weight is 462 g/mol. The lowest BCUT2D eigenvalue weighted by Gasteiger charge is -2.32. The molecule has 0 saturated heterocycles. The average Bonchev–Trinajstić information content (AvgIpc) is 3.41. The van der Waals surface area contributed by atoms with E-state index in [9.17, 15) is 4.79 Å². The largest absolute Gasteiger partial charge is 0.340 e. The van der Waals surface area contributed by atoms with Gasteiger partial charge in [0, 0.05) is 35.6 Å². The molecule has 10 heteroatoms. The van der Waals surface area contributed by atoms with Crippen LogP contribution >= 0.6 is 23.4 Å². The van der Waals surface area contributed by atoms with Crippen molar-refractivity contribution in [2.45, 2.75) is 56.0 Å². The third kappa shape index (κ3) is 5.45. The van der Waals surface area contributed by atoms with Gasteiger partial charge >= 0.3 is 0 Å². The molecular formula is C21H27N5O3S2. The Bertz CT molecular complexity index is 902. The van der Waals surface area contributed by atoms with E-state index in [1.165, 1.54) is 30.6 Å². The molecule has 1 aliphatic carbocycles. The van der Waals surface area contributed by atoms with Crippen LogP contribution in [0, 0.1) is 11.3 Å².